The van der Waals surface area contributed by atoms with E-state index in [2.05, 4.69) is 9.88 Å². The maximum absolute atomic E-state index is 13.3. The lowest BCUT2D eigenvalue weighted by Gasteiger charge is -2.32. The molecule has 8 heteroatoms. The minimum Gasteiger partial charge on any atom is -0.419 e. The molecule has 0 amide bonds. The minimum atomic E-state index is -3.97. The molecule has 2 aromatic carbocycles. The van der Waals surface area contributed by atoms with Gasteiger partial charge in [-0.25, -0.2) is 12.8 Å². The fraction of sp³-hybridized carbons (Fsp3) is 0.286. The highest BCUT2D eigenvalue weighted by Gasteiger charge is 2.32. The Morgan fingerprint density at radius 3 is 2.21 bits per heavy atom. The quantitative estimate of drug-likeness (QED) is 0.609. The van der Waals surface area contributed by atoms with Crippen LogP contribution in [-0.4, -0.2) is 51.5 Å². The first kappa shape index (κ1) is 19.6. The highest BCUT2D eigenvalue weighted by molar-refractivity contribution is 7.91. The first-order valence-corrected chi connectivity index (χ1v) is 10.8. The van der Waals surface area contributed by atoms with E-state index in [-0.39, 0.29) is 21.7 Å². The fourth-order valence-electron chi connectivity index (χ4n) is 3.23. The predicted molar refractivity (Wildman–Crippen MR) is 108 cm³/mol. The van der Waals surface area contributed by atoms with Crippen molar-refractivity contribution in [3.05, 3.63) is 59.9 Å². The van der Waals surface area contributed by atoms with Crippen LogP contribution in [0.25, 0.3) is 11.5 Å². The van der Waals surface area contributed by atoms with E-state index in [0.717, 1.165) is 30.8 Å². The predicted octanol–water partition coefficient (Wildman–Crippen LogP) is 3.37. The molecule has 0 atom stereocenters. The summed E-state index contributed by atoms with van der Waals surface area (Å²) in [5, 5.41) is -0.135. The Labute approximate surface area is 169 Å². The highest BCUT2D eigenvalue weighted by Crippen LogP contribution is 2.35. The molecule has 1 aliphatic rings. The smallest absolute Gasteiger partial charge is 0.236 e. The number of likely N-dealkylation sites (N-methyl/N-ethyl adjacent to an activating group) is 1. The Hall–Kier alpha value is -2.71. The zero-order valence-electron chi connectivity index (χ0n) is 16.3. The van der Waals surface area contributed by atoms with Gasteiger partial charge in [0.15, 0.2) is 0 Å². The van der Waals surface area contributed by atoms with Gasteiger partial charge in [0, 0.05) is 31.7 Å². The molecular weight excluding hydrogens is 393 g/mol. The first-order valence-electron chi connectivity index (χ1n) is 9.36. The number of piperazine rings is 1. The van der Waals surface area contributed by atoms with Crippen LogP contribution in [0.1, 0.15) is 5.56 Å². The molecule has 1 saturated heterocycles. The Kier molecular flexibility index (Phi) is 5.14. The largest absolute Gasteiger partial charge is 0.419 e. The normalized spacial score (nSPS) is 15.6. The van der Waals surface area contributed by atoms with Crippen LogP contribution in [0.4, 0.5) is 10.3 Å². The van der Waals surface area contributed by atoms with E-state index in [1.807, 2.05) is 43.1 Å². The summed E-state index contributed by atoms with van der Waals surface area (Å²) in [7, 11) is -1.95. The number of aryl methyl sites for hydroxylation is 1. The molecule has 4 rings (SSSR count). The van der Waals surface area contributed by atoms with Gasteiger partial charge < -0.3 is 14.2 Å². The third kappa shape index (κ3) is 3.90. The average Bonchev–Trinajstić information content (AvgIpc) is 3.16. The van der Waals surface area contributed by atoms with E-state index in [9.17, 15) is 12.8 Å². The molecule has 152 valence electrons. The van der Waals surface area contributed by atoms with Gasteiger partial charge in [-0.05, 0) is 50.4 Å². The van der Waals surface area contributed by atoms with Gasteiger partial charge in [-0.3, -0.25) is 0 Å². The number of hydrogen-bond donors (Lipinski definition) is 0. The van der Waals surface area contributed by atoms with Crippen LogP contribution < -0.4 is 4.90 Å². The van der Waals surface area contributed by atoms with Crippen molar-refractivity contribution in [2.75, 3.05) is 38.1 Å². The van der Waals surface area contributed by atoms with Crippen LogP contribution >= 0.6 is 0 Å². The zero-order valence-corrected chi connectivity index (χ0v) is 17.1. The van der Waals surface area contributed by atoms with Crippen LogP contribution in [0.2, 0.25) is 0 Å². The van der Waals surface area contributed by atoms with Crippen LogP contribution in [0.3, 0.4) is 0 Å². The summed E-state index contributed by atoms with van der Waals surface area (Å²) in [4.78, 5) is 8.43. The molecule has 0 radical (unpaired) electrons. The average molecular weight is 415 g/mol. The number of sulfone groups is 1. The molecule has 0 saturated carbocycles. The number of nitrogens with zero attached hydrogens (tertiary/aromatic N) is 3. The Balaban J connectivity index is 1.82. The van der Waals surface area contributed by atoms with Crippen LogP contribution in [0.15, 0.2) is 62.9 Å². The SMILES string of the molecule is Cc1ccc(-c2nc(S(=O)(=O)c3ccc(F)cc3)c(N3CCN(C)CC3)o2)cc1. The zero-order chi connectivity index (χ0) is 20.6. The van der Waals surface area contributed by atoms with Gasteiger partial charge in [-0.2, -0.15) is 4.98 Å². The number of oxazole rings is 1. The second-order valence-corrected chi connectivity index (χ2v) is 9.11. The van der Waals surface area contributed by atoms with E-state index < -0.39 is 15.7 Å². The number of anilines is 1. The Morgan fingerprint density at radius 2 is 1.59 bits per heavy atom. The number of halogens is 1. The van der Waals surface area contributed by atoms with Gasteiger partial charge in [-0.1, -0.05) is 17.7 Å². The van der Waals surface area contributed by atoms with Gasteiger partial charge in [-0.15, -0.1) is 0 Å². The maximum atomic E-state index is 13.3. The maximum Gasteiger partial charge on any atom is 0.236 e. The Morgan fingerprint density at radius 1 is 0.966 bits per heavy atom. The van der Waals surface area contributed by atoms with E-state index in [1.54, 1.807) is 0 Å². The molecule has 0 bridgehead atoms. The van der Waals surface area contributed by atoms with Gasteiger partial charge in [0.25, 0.3) is 0 Å². The van der Waals surface area contributed by atoms with Crippen molar-refractivity contribution in [3.63, 3.8) is 0 Å². The third-order valence-corrected chi connectivity index (χ3v) is 6.71. The molecule has 6 nitrogen and oxygen atoms in total. The van der Waals surface area contributed by atoms with Crippen LogP contribution in [0, 0.1) is 12.7 Å². The van der Waals surface area contributed by atoms with E-state index in [0.29, 0.717) is 18.7 Å². The summed E-state index contributed by atoms with van der Waals surface area (Å²) in [6, 6.07) is 12.3. The number of benzene rings is 2. The van der Waals surface area contributed by atoms with Gasteiger partial charge in [0.05, 0.1) is 4.90 Å². The topological polar surface area (TPSA) is 66.7 Å². The summed E-state index contributed by atoms with van der Waals surface area (Å²) in [6.07, 6.45) is 0. The van der Waals surface area contributed by atoms with Crippen LogP contribution in [0.5, 0.6) is 0 Å². The van der Waals surface area contributed by atoms with Crippen LogP contribution in [-0.2, 0) is 9.84 Å². The standard InChI is InChI=1S/C21H22FN3O3S/c1-15-3-5-16(6-4-15)19-23-20(21(28-19)25-13-11-24(2)12-14-25)29(26,27)18-9-7-17(22)8-10-18/h3-10H,11-14H2,1-2H3. The van der Waals surface area contributed by atoms with Crippen molar-refractivity contribution < 1.29 is 17.2 Å². The molecule has 3 aromatic rings. The molecule has 29 heavy (non-hydrogen) atoms. The second kappa shape index (κ2) is 7.61. The Bertz CT molecular complexity index is 1100. The van der Waals surface area contributed by atoms with Crippen molar-refractivity contribution in [2.45, 2.75) is 16.8 Å². The van der Waals surface area contributed by atoms with E-state index >= 15 is 0 Å². The molecule has 1 aliphatic heterocycles. The molecule has 0 spiro atoms. The summed E-state index contributed by atoms with van der Waals surface area (Å²) in [5.74, 6) is -0.0126. The van der Waals surface area contributed by atoms with Gasteiger partial charge >= 0.3 is 0 Å². The van der Waals surface area contributed by atoms with Gasteiger partial charge in [0.2, 0.25) is 26.6 Å². The van der Waals surface area contributed by atoms with Crippen molar-refractivity contribution >= 4 is 15.7 Å². The first-order chi connectivity index (χ1) is 13.8. The summed E-state index contributed by atoms with van der Waals surface area (Å²) >= 11 is 0. The number of aromatic nitrogens is 1. The van der Waals surface area contributed by atoms with Gasteiger partial charge in [0.1, 0.15) is 5.82 Å². The lowest BCUT2D eigenvalue weighted by Crippen LogP contribution is -2.44. The van der Waals surface area contributed by atoms with Crippen molar-refractivity contribution in [1.82, 2.24) is 9.88 Å². The van der Waals surface area contributed by atoms with Crippen molar-refractivity contribution in [3.8, 4) is 11.5 Å². The molecule has 0 unspecified atom stereocenters. The highest BCUT2D eigenvalue weighted by atomic mass is 32.2. The van der Waals surface area contributed by atoms with E-state index in [4.69, 9.17) is 4.42 Å². The van der Waals surface area contributed by atoms with E-state index in [1.165, 1.54) is 12.1 Å². The van der Waals surface area contributed by atoms with Crippen molar-refractivity contribution in [2.24, 2.45) is 0 Å². The molecule has 1 aromatic heterocycles. The minimum absolute atomic E-state index is 0.0157. The summed E-state index contributed by atoms with van der Waals surface area (Å²) in [5.41, 5.74) is 1.78. The lowest BCUT2D eigenvalue weighted by atomic mass is 10.1. The third-order valence-electron chi connectivity index (χ3n) is 5.05. The molecule has 0 aliphatic carbocycles. The monoisotopic (exact) mass is 415 g/mol. The molecular formula is C21H22FN3O3S. The lowest BCUT2D eigenvalue weighted by molar-refractivity contribution is 0.305. The second-order valence-electron chi connectivity index (χ2n) is 7.24. The molecule has 1 fully saturated rings. The fourth-order valence-corrected chi connectivity index (χ4v) is 4.55. The number of hydrogen-bond acceptors (Lipinski definition) is 6. The number of rotatable bonds is 4. The van der Waals surface area contributed by atoms with Crippen molar-refractivity contribution in [1.29, 1.82) is 0 Å². The molecule has 2 heterocycles. The summed E-state index contributed by atoms with van der Waals surface area (Å²) < 4.78 is 45.9. The molecule has 0 N–H and O–H groups in total. The summed E-state index contributed by atoms with van der Waals surface area (Å²) in [6.45, 7) is 4.81.